The topological polar surface area (TPSA) is 21.8 Å². The first kappa shape index (κ1) is 23.9. The van der Waals surface area contributed by atoms with Gasteiger partial charge in [-0.1, -0.05) is 58.0 Å². The highest BCUT2D eigenvalue weighted by Crippen LogP contribution is 2.04. The number of hydrogen-bond acceptors (Lipinski definition) is 3. The molecule has 0 atom stereocenters. The Kier molecular flexibility index (Phi) is 13.1. The highest BCUT2D eigenvalue weighted by atomic mass is 32.1. The third-order valence-electron chi connectivity index (χ3n) is 5.20. The van der Waals surface area contributed by atoms with Crippen LogP contribution in [0.3, 0.4) is 0 Å². The van der Waals surface area contributed by atoms with Crippen LogP contribution in [0.25, 0.3) is 0 Å². The minimum Gasteiger partial charge on any atom is -0.361 e. The van der Waals surface area contributed by atoms with Crippen LogP contribution in [0, 0.1) is 0 Å². The van der Waals surface area contributed by atoms with Crippen molar-refractivity contribution in [3.05, 3.63) is 35.9 Å². The Bertz CT molecular complexity index is 486. The van der Waals surface area contributed by atoms with Gasteiger partial charge in [0, 0.05) is 32.7 Å². The second-order valence-electron chi connectivity index (χ2n) is 6.86. The summed E-state index contributed by atoms with van der Waals surface area (Å²) in [5, 5.41) is 4.39. The second-order valence-corrected chi connectivity index (χ2v) is 7.25. The molecule has 0 radical (unpaired) electrons. The average molecular weight is 393 g/mol. The normalized spacial score (nSPS) is 11.2. The fourth-order valence-electron chi connectivity index (χ4n) is 3.21. The molecule has 0 aromatic heterocycles. The van der Waals surface area contributed by atoms with Crippen LogP contribution < -0.4 is 5.32 Å². The smallest absolute Gasteiger partial charge is 0.169 e. The standard InChI is InChI=1S/C22H40N4S/c1-5-24(6-2)18-16-23-22(27)26(20-19-25(7-3)8-4)17-12-15-21-13-10-9-11-14-21/h9-11,13-14H,5-8,12,15-20H2,1-4H3,(H,23,27). The van der Waals surface area contributed by atoms with Gasteiger partial charge in [0.25, 0.3) is 0 Å². The molecule has 0 aliphatic rings. The van der Waals surface area contributed by atoms with Gasteiger partial charge in [0.05, 0.1) is 0 Å². The fraction of sp³-hybridized carbons (Fsp3) is 0.682. The molecule has 0 amide bonds. The molecule has 0 aliphatic carbocycles. The summed E-state index contributed by atoms with van der Waals surface area (Å²) in [6.07, 6.45) is 2.23. The summed E-state index contributed by atoms with van der Waals surface area (Å²) in [5.41, 5.74) is 1.40. The average Bonchev–Trinajstić information content (AvgIpc) is 2.71. The van der Waals surface area contributed by atoms with Gasteiger partial charge in [-0.15, -0.1) is 0 Å². The lowest BCUT2D eigenvalue weighted by Gasteiger charge is -2.29. The van der Waals surface area contributed by atoms with Gasteiger partial charge in [-0.25, -0.2) is 0 Å². The van der Waals surface area contributed by atoms with Crippen LogP contribution in [-0.4, -0.2) is 78.7 Å². The molecule has 0 heterocycles. The molecule has 1 aromatic carbocycles. The van der Waals surface area contributed by atoms with E-state index in [9.17, 15) is 0 Å². The summed E-state index contributed by atoms with van der Waals surface area (Å²) >= 11 is 5.73. The van der Waals surface area contributed by atoms with Crippen LogP contribution in [0.2, 0.25) is 0 Å². The molecule has 0 fully saturated rings. The van der Waals surface area contributed by atoms with Gasteiger partial charge in [-0.05, 0) is 56.8 Å². The first-order chi connectivity index (χ1) is 13.1. The summed E-state index contributed by atoms with van der Waals surface area (Å²) in [6.45, 7) is 18.3. The molecule has 5 heteroatoms. The molecule has 0 spiro atoms. The van der Waals surface area contributed by atoms with E-state index in [1.54, 1.807) is 0 Å². The number of aryl methyl sites for hydroxylation is 1. The lowest BCUT2D eigenvalue weighted by Crippen LogP contribution is -2.46. The zero-order chi connectivity index (χ0) is 19.9. The Morgan fingerprint density at radius 1 is 0.815 bits per heavy atom. The quantitative estimate of drug-likeness (QED) is 0.488. The largest absolute Gasteiger partial charge is 0.361 e. The summed E-state index contributed by atoms with van der Waals surface area (Å²) in [4.78, 5) is 7.24. The van der Waals surface area contributed by atoms with Crippen LogP contribution >= 0.6 is 12.2 Å². The van der Waals surface area contributed by atoms with E-state index < -0.39 is 0 Å². The molecule has 154 valence electrons. The summed E-state index contributed by atoms with van der Waals surface area (Å²) in [6, 6.07) is 10.7. The van der Waals surface area contributed by atoms with Crippen molar-refractivity contribution in [2.24, 2.45) is 0 Å². The number of hydrogen-bond donors (Lipinski definition) is 1. The van der Waals surface area contributed by atoms with Crippen molar-refractivity contribution in [2.45, 2.75) is 40.5 Å². The van der Waals surface area contributed by atoms with E-state index in [2.05, 4.69) is 78.0 Å². The van der Waals surface area contributed by atoms with E-state index in [0.717, 1.165) is 76.9 Å². The van der Waals surface area contributed by atoms with Crippen LogP contribution in [-0.2, 0) is 6.42 Å². The summed E-state index contributed by atoms with van der Waals surface area (Å²) < 4.78 is 0. The minimum atomic E-state index is 0.905. The van der Waals surface area contributed by atoms with Crippen molar-refractivity contribution < 1.29 is 0 Å². The molecular weight excluding hydrogens is 352 g/mol. The van der Waals surface area contributed by atoms with Crippen molar-refractivity contribution in [1.82, 2.24) is 20.0 Å². The number of benzene rings is 1. The first-order valence-corrected chi connectivity index (χ1v) is 11.1. The summed E-state index contributed by atoms with van der Waals surface area (Å²) in [5.74, 6) is 0. The predicted octanol–water partition coefficient (Wildman–Crippen LogP) is 3.48. The van der Waals surface area contributed by atoms with Gasteiger partial charge in [-0.3, -0.25) is 0 Å². The molecule has 1 N–H and O–H groups in total. The molecule has 1 rings (SSSR count). The Morgan fingerprint density at radius 2 is 1.41 bits per heavy atom. The van der Waals surface area contributed by atoms with Crippen molar-refractivity contribution in [1.29, 1.82) is 0 Å². The van der Waals surface area contributed by atoms with Gasteiger partial charge in [-0.2, -0.15) is 0 Å². The maximum absolute atomic E-state index is 5.73. The number of rotatable bonds is 14. The van der Waals surface area contributed by atoms with Crippen LogP contribution in [0.5, 0.6) is 0 Å². The van der Waals surface area contributed by atoms with E-state index in [1.165, 1.54) is 5.56 Å². The van der Waals surface area contributed by atoms with E-state index in [4.69, 9.17) is 12.2 Å². The lowest BCUT2D eigenvalue weighted by molar-refractivity contribution is 0.263. The Hall–Kier alpha value is -1.17. The van der Waals surface area contributed by atoms with Gasteiger partial charge >= 0.3 is 0 Å². The Labute approximate surface area is 172 Å². The second kappa shape index (κ2) is 14.8. The molecule has 1 aromatic rings. The highest BCUT2D eigenvalue weighted by Gasteiger charge is 2.11. The maximum Gasteiger partial charge on any atom is 0.169 e. The third-order valence-corrected chi connectivity index (χ3v) is 5.61. The number of likely N-dealkylation sites (N-methyl/N-ethyl adjacent to an activating group) is 2. The molecule has 27 heavy (non-hydrogen) atoms. The zero-order valence-electron chi connectivity index (χ0n) is 17.9. The highest BCUT2D eigenvalue weighted by molar-refractivity contribution is 7.80. The van der Waals surface area contributed by atoms with E-state index >= 15 is 0 Å². The first-order valence-electron chi connectivity index (χ1n) is 10.7. The maximum atomic E-state index is 5.73. The fourth-order valence-corrected chi connectivity index (χ4v) is 3.49. The van der Waals surface area contributed by atoms with Gasteiger partial charge < -0.3 is 20.0 Å². The zero-order valence-corrected chi connectivity index (χ0v) is 18.7. The molecule has 0 bridgehead atoms. The molecule has 4 nitrogen and oxygen atoms in total. The Balaban J connectivity index is 2.50. The van der Waals surface area contributed by atoms with Crippen LogP contribution in [0.4, 0.5) is 0 Å². The van der Waals surface area contributed by atoms with Gasteiger partial charge in [0.1, 0.15) is 0 Å². The molecule has 0 aliphatic heterocycles. The number of thiocarbonyl (C=S) groups is 1. The number of nitrogens with zero attached hydrogens (tertiary/aromatic N) is 3. The van der Waals surface area contributed by atoms with Crippen LogP contribution in [0.1, 0.15) is 39.7 Å². The van der Waals surface area contributed by atoms with E-state index in [1.807, 2.05) is 0 Å². The van der Waals surface area contributed by atoms with E-state index in [0.29, 0.717) is 0 Å². The van der Waals surface area contributed by atoms with Gasteiger partial charge in [0.15, 0.2) is 5.11 Å². The predicted molar refractivity (Wildman–Crippen MR) is 123 cm³/mol. The van der Waals surface area contributed by atoms with Crippen molar-refractivity contribution in [3.8, 4) is 0 Å². The van der Waals surface area contributed by atoms with Crippen molar-refractivity contribution in [3.63, 3.8) is 0 Å². The number of nitrogens with one attached hydrogen (secondary N) is 1. The third kappa shape index (κ3) is 10.1. The van der Waals surface area contributed by atoms with Gasteiger partial charge in [0.2, 0.25) is 0 Å². The SMILES string of the molecule is CCN(CC)CCNC(=S)N(CCCc1ccccc1)CCN(CC)CC. The van der Waals surface area contributed by atoms with E-state index in [-0.39, 0.29) is 0 Å². The Morgan fingerprint density at radius 3 is 2.00 bits per heavy atom. The van der Waals surface area contributed by atoms with Crippen molar-refractivity contribution >= 4 is 17.3 Å². The minimum absolute atomic E-state index is 0.905. The molecule has 0 saturated heterocycles. The molecular formula is C22H40N4S. The monoisotopic (exact) mass is 392 g/mol. The molecule has 0 unspecified atom stereocenters. The van der Waals surface area contributed by atoms with Crippen LogP contribution in [0.15, 0.2) is 30.3 Å². The lowest BCUT2D eigenvalue weighted by atomic mass is 10.1. The summed E-state index contributed by atoms with van der Waals surface area (Å²) in [7, 11) is 0. The molecule has 0 saturated carbocycles. The van der Waals surface area contributed by atoms with Crippen molar-refractivity contribution in [2.75, 3.05) is 58.9 Å².